The van der Waals surface area contributed by atoms with E-state index in [1.165, 1.54) is 5.19 Å². The fourth-order valence-corrected chi connectivity index (χ4v) is 3.75. The van der Waals surface area contributed by atoms with Gasteiger partial charge in [-0.2, -0.15) is 0 Å². The maximum atomic E-state index is 11.4. The molecule has 90 valence electrons. The van der Waals surface area contributed by atoms with Crippen LogP contribution in [0.2, 0.25) is 19.6 Å². The quantitative estimate of drug-likeness (QED) is 0.499. The first-order chi connectivity index (χ1) is 7.91. The summed E-state index contributed by atoms with van der Waals surface area (Å²) in [7, 11) is -1.46. The molecule has 2 aromatic rings. The Morgan fingerprint density at radius 3 is 2.47 bits per heavy atom. The first-order valence-electron chi connectivity index (χ1n) is 5.30. The van der Waals surface area contributed by atoms with Crippen molar-refractivity contribution in [1.82, 2.24) is 5.27 Å². The molecule has 0 saturated carbocycles. The number of halogens is 1. The summed E-state index contributed by atoms with van der Waals surface area (Å²) >= 11 is 1.99. The molecule has 0 spiro atoms. The molecule has 0 aliphatic carbocycles. The summed E-state index contributed by atoms with van der Waals surface area (Å²) in [4.78, 5) is 11.4. The minimum Gasteiger partial charge on any atom is -0.282 e. The van der Waals surface area contributed by atoms with Gasteiger partial charge in [0.15, 0.2) is 0 Å². The first-order valence-corrected chi connectivity index (χ1v) is 9.88. The Morgan fingerprint density at radius 2 is 1.94 bits per heavy atom. The fourth-order valence-electron chi connectivity index (χ4n) is 1.72. The van der Waals surface area contributed by atoms with Crippen molar-refractivity contribution in [2.75, 3.05) is 0 Å². The van der Waals surface area contributed by atoms with E-state index < -0.39 is 8.07 Å². The van der Waals surface area contributed by atoms with Gasteiger partial charge in [-0.15, -0.1) is 0 Å². The summed E-state index contributed by atoms with van der Waals surface area (Å²) < 4.78 is 7.05. The molecule has 0 aliphatic rings. The van der Waals surface area contributed by atoms with E-state index in [-0.39, 0.29) is 5.63 Å². The lowest BCUT2D eigenvalue weighted by atomic mass is 10.3. The van der Waals surface area contributed by atoms with Gasteiger partial charge in [0, 0.05) is 33.8 Å². The van der Waals surface area contributed by atoms with Gasteiger partial charge < -0.3 is 0 Å². The molecule has 1 N–H and O–H groups in total. The Hall–Kier alpha value is -0.893. The molecule has 0 atom stereocenters. The van der Waals surface area contributed by atoms with Crippen LogP contribution in [-0.2, 0) is 0 Å². The summed E-state index contributed by atoms with van der Waals surface area (Å²) in [5.74, 6) is 0. The second-order valence-corrected chi connectivity index (χ2v) is 10.9. The Labute approximate surface area is 114 Å². The zero-order valence-corrected chi connectivity index (χ0v) is 13.1. The van der Waals surface area contributed by atoms with Crippen LogP contribution in [0.15, 0.2) is 33.6 Å². The third kappa shape index (κ3) is 2.37. The maximum Gasteiger partial charge on any atom is 0.441 e. The molecule has 0 bridgehead atoms. The molecule has 0 fully saturated rings. The zero-order valence-electron chi connectivity index (χ0n) is 9.95. The van der Waals surface area contributed by atoms with Gasteiger partial charge in [0.05, 0.1) is 8.07 Å². The highest BCUT2D eigenvalue weighted by atomic mass is 127. The van der Waals surface area contributed by atoms with Crippen LogP contribution < -0.4 is 15.5 Å². The average Bonchev–Trinajstić information content (AvgIpc) is 2.59. The van der Waals surface area contributed by atoms with Gasteiger partial charge in [0.1, 0.15) is 0 Å². The van der Waals surface area contributed by atoms with Gasteiger partial charge in [-0.05, 0) is 9.95 Å². The predicted octanol–water partition coefficient (Wildman–Crippen LogP) is 1.39. The molecule has 6 heteroatoms. The Balaban J connectivity index is 2.68. The lowest BCUT2D eigenvalue weighted by Crippen LogP contribution is -2.49. The number of hydrogen-bond donors (Lipinski definition) is 1. The van der Waals surface area contributed by atoms with E-state index in [2.05, 4.69) is 31.0 Å². The van der Waals surface area contributed by atoms with Gasteiger partial charge in [-0.3, -0.25) is 4.52 Å². The zero-order chi connectivity index (χ0) is 12.6. The molecular formula is C11H14IN2O2Si+. The van der Waals surface area contributed by atoms with Crippen LogP contribution in [0.5, 0.6) is 0 Å². The third-order valence-corrected chi connectivity index (χ3v) is 5.51. The summed E-state index contributed by atoms with van der Waals surface area (Å²) in [5.41, 5.74) is 0.665. The predicted molar refractivity (Wildman–Crippen MR) is 76.6 cm³/mol. The number of rotatable bonds is 2. The molecule has 0 amide bonds. The number of hydrogen-bond acceptors (Lipinski definition) is 2. The molecular weight excluding hydrogens is 347 g/mol. The largest absolute Gasteiger partial charge is 0.441 e. The van der Waals surface area contributed by atoms with Crippen LogP contribution in [0.25, 0.3) is 5.69 Å². The summed E-state index contributed by atoms with van der Waals surface area (Å²) in [6.07, 6.45) is 0. The number of nitrogens with zero attached hydrogens (tertiary/aromatic N) is 1. The maximum absolute atomic E-state index is 11.4. The van der Waals surface area contributed by atoms with E-state index in [4.69, 9.17) is 4.52 Å². The van der Waals surface area contributed by atoms with Crippen molar-refractivity contribution in [2.45, 2.75) is 19.6 Å². The smallest absolute Gasteiger partial charge is 0.282 e. The van der Waals surface area contributed by atoms with Crippen LogP contribution in [0.1, 0.15) is 0 Å². The molecule has 2 rings (SSSR count). The van der Waals surface area contributed by atoms with E-state index >= 15 is 0 Å². The highest BCUT2D eigenvalue weighted by molar-refractivity contribution is 14.1. The Bertz CT molecular complexity index is 598. The van der Waals surface area contributed by atoms with Crippen LogP contribution in [0.4, 0.5) is 0 Å². The topological polar surface area (TPSA) is 49.9 Å². The van der Waals surface area contributed by atoms with E-state index in [1.807, 2.05) is 40.8 Å². The van der Waals surface area contributed by atoms with E-state index in [9.17, 15) is 4.79 Å². The van der Waals surface area contributed by atoms with Crippen molar-refractivity contribution in [2.24, 2.45) is 0 Å². The highest BCUT2D eigenvalue weighted by Gasteiger charge is 2.29. The van der Waals surface area contributed by atoms with Gasteiger partial charge in [-0.25, -0.2) is 4.79 Å². The SMILES string of the molecule is C[Si](C)(C)c1ccccc1-[n+]1[nH]oc(=O)c1I. The Morgan fingerprint density at radius 1 is 1.29 bits per heavy atom. The molecule has 4 nitrogen and oxygen atoms in total. The molecule has 1 heterocycles. The summed E-state index contributed by atoms with van der Waals surface area (Å²) in [6, 6.07) is 8.12. The Kier molecular flexibility index (Phi) is 3.26. The highest BCUT2D eigenvalue weighted by Crippen LogP contribution is 2.07. The van der Waals surface area contributed by atoms with Gasteiger partial charge in [0.25, 0.3) is 0 Å². The van der Waals surface area contributed by atoms with Crippen molar-refractivity contribution >= 4 is 35.9 Å². The number of para-hydroxylation sites is 1. The van der Waals surface area contributed by atoms with Crippen LogP contribution >= 0.6 is 22.6 Å². The van der Waals surface area contributed by atoms with Crippen molar-refractivity contribution in [3.8, 4) is 5.69 Å². The van der Waals surface area contributed by atoms with Crippen LogP contribution in [-0.4, -0.2) is 13.3 Å². The lowest BCUT2D eigenvalue weighted by molar-refractivity contribution is -0.681. The van der Waals surface area contributed by atoms with E-state index in [0.717, 1.165) is 5.69 Å². The van der Waals surface area contributed by atoms with Crippen molar-refractivity contribution in [3.05, 3.63) is 38.4 Å². The molecule has 1 aromatic heterocycles. The molecule has 0 unspecified atom stereocenters. The van der Waals surface area contributed by atoms with Gasteiger partial charge in [0.2, 0.25) is 5.69 Å². The molecule has 17 heavy (non-hydrogen) atoms. The van der Waals surface area contributed by atoms with Gasteiger partial charge in [-0.1, -0.05) is 37.8 Å². The minimum absolute atomic E-state index is 0.337. The average molecular weight is 361 g/mol. The van der Waals surface area contributed by atoms with Crippen LogP contribution in [0, 0.1) is 3.70 Å². The normalized spacial score (nSPS) is 11.8. The second-order valence-electron chi connectivity index (χ2n) is 4.87. The number of aromatic nitrogens is 2. The standard InChI is InChI=1S/C11H13IN2O2Si/c1-17(2,3)9-7-5-4-6-8(9)14-10(12)11(15)16-13-14/h4-7H,1-3H3/p+1. The van der Waals surface area contributed by atoms with Crippen LogP contribution in [0.3, 0.4) is 0 Å². The summed E-state index contributed by atoms with van der Waals surface area (Å²) in [6.45, 7) is 6.83. The molecule has 0 saturated heterocycles. The van der Waals surface area contributed by atoms with Crippen molar-refractivity contribution in [3.63, 3.8) is 0 Å². The third-order valence-electron chi connectivity index (χ3n) is 2.55. The molecule has 1 aromatic carbocycles. The molecule has 0 aliphatic heterocycles. The first kappa shape index (κ1) is 12.6. The lowest BCUT2D eigenvalue weighted by Gasteiger charge is -2.16. The van der Waals surface area contributed by atoms with Crippen molar-refractivity contribution in [1.29, 1.82) is 0 Å². The van der Waals surface area contributed by atoms with E-state index in [0.29, 0.717) is 3.70 Å². The van der Waals surface area contributed by atoms with Crippen molar-refractivity contribution < 1.29 is 9.20 Å². The fraction of sp³-hybridized carbons (Fsp3) is 0.273. The summed E-state index contributed by atoms with van der Waals surface area (Å²) in [5, 5.41) is 3.94. The number of H-pyrrole nitrogens is 1. The molecule has 0 radical (unpaired) electrons. The van der Waals surface area contributed by atoms with Gasteiger partial charge >= 0.3 is 9.33 Å². The second kappa shape index (κ2) is 4.41. The number of benzene rings is 1. The van der Waals surface area contributed by atoms with E-state index in [1.54, 1.807) is 4.68 Å². The minimum atomic E-state index is -1.46. The number of nitrogens with one attached hydrogen (secondary N) is 1. The number of aromatic amines is 1. The monoisotopic (exact) mass is 361 g/mol.